The summed E-state index contributed by atoms with van der Waals surface area (Å²) in [6, 6.07) is 17.4. The molecule has 0 spiro atoms. The lowest BCUT2D eigenvalue weighted by atomic mass is 10.1. The summed E-state index contributed by atoms with van der Waals surface area (Å²) < 4.78 is 10.5. The fraction of sp³-hybridized carbons (Fsp3) is 0.200. The third-order valence-corrected chi connectivity index (χ3v) is 4.80. The lowest BCUT2D eigenvalue weighted by Gasteiger charge is -2.14. The molecule has 0 heterocycles. The van der Waals surface area contributed by atoms with Gasteiger partial charge in [-0.05, 0) is 78.6 Å². The second kappa shape index (κ2) is 9.27. The Bertz CT molecular complexity index is 1120. The molecule has 1 atom stereocenters. The molecule has 30 heavy (non-hydrogen) atoms. The van der Waals surface area contributed by atoms with Gasteiger partial charge in [-0.25, -0.2) is 4.79 Å². The van der Waals surface area contributed by atoms with E-state index in [2.05, 4.69) is 5.32 Å². The van der Waals surface area contributed by atoms with E-state index in [1.807, 2.05) is 68.4 Å². The molecule has 5 nitrogen and oxygen atoms in total. The van der Waals surface area contributed by atoms with Crippen LogP contribution in [0.3, 0.4) is 0 Å². The highest BCUT2D eigenvalue weighted by Gasteiger charge is 2.17. The molecule has 0 aliphatic heterocycles. The quantitative estimate of drug-likeness (QED) is 0.462. The van der Waals surface area contributed by atoms with Crippen LogP contribution in [0.25, 0.3) is 16.8 Å². The van der Waals surface area contributed by atoms with Crippen LogP contribution in [-0.2, 0) is 14.3 Å². The first kappa shape index (κ1) is 21.1. The number of fused-ring (bicyclic) bond motifs is 1. The maximum absolute atomic E-state index is 12.4. The Morgan fingerprint density at radius 1 is 0.967 bits per heavy atom. The fourth-order valence-electron chi connectivity index (χ4n) is 3.01. The zero-order valence-electron chi connectivity index (χ0n) is 17.6. The summed E-state index contributed by atoms with van der Waals surface area (Å²) in [5.41, 5.74) is 3.56. The number of methoxy groups -OCH3 is 1. The van der Waals surface area contributed by atoms with E-state index in [-0.39, 0.29) is 5.91 Å². The molecule has 0 bridgehead atoms. The minimum atomic E-state index is -0.911. The van der Waals surface area contributed by atoms with Gasteiger partial charge in [0.15, 0.2) is 6.10 Å². The van der Waals surface area contributed by atoms with Crippen LogP contribution in [0.1, 0.15) is 23.6 Å². The summed E-state index contributed by atoms with van der Waals surface area (Å²) in [4.78, 5) is 24.5. The molecule has 0 unspecified atom stereocenters. The van der Waals surface area contributed by atoms with Crippen LogP contribution in [0.2, 0.25) is 0 Å². The first-order valence-electron chi connectivity index (χ1n) is 9.70. The van der Waals surface area contributed by atoms with Crippen molar-refractivity contribution in [3.63, 3.8) is 0 Å². The Kier molecular flexibility index (Phi) is 6.52. The Balaban J connectivity index is 1.61. The average Bonchev–Trinajstić information content (AvgIpc) is 2.74. The molecule has 3 aromatic carbocycles. The Morgan fingerprint density at radius 3 is 2.47 bits per heavy atom. The number of rotatable bonds is 6. The molecule has 0 aliphatic rings. The lowest BCUT2D eigenvalue weighted by molar-refractivity contribution is -0.148. The van der Waals surface area contributed by atoms with Gasteiger partial charge in [0.25, 0.3) is 5.91 Å². The van der Waals surface area contributed by atoms with Crippen LogP contribution in [0.5, 0.6) is 5.75 Å². The van der Waals surface area contributed by atoms with Crippen molar-refractivity contribution in [1.82, 2.24) is 0 Å². The van der Waals surface area contributed by atoms with Gasteiger partial charge < -0.3 is 14.8 Å². The molecule has 0 radical (unpaired) electrons. The number of anilines is 1. The van der Waals surface area contributed by atoms with E-state index in [1.165, 1.54) is 6.08 Å². The van der Waals surface area contributed by atoms with Crippen molar-refractivity contribution in [1.29, 1.82) is 0 Å². The van der Waals surface area contributed by atoms with Crippen LogP contribution in [0.15, 0.2) is 60.7 Å². The number of carbonyl (C=O) groups excluding carboxylic acids is 2. The van der Waals surface area contributed by atoms with Crippen molar-refractivity contribution in [3.8, 4) is 5.75 Å². The zero-order valence-corrected chi connectivity index (χ0v) is 17.6. The fourth-order valence-corrected chi connectivity index (χ4v) is 3.01. The van der Waals surface area contributed by atoms with Gasteiger partial charge >= 0.3 is 5.97 Å². The minimum absolute atomic E-state index is 0.370. The minimum Gasteiger partial charge on any atom is -0.497 e. The van der Waals surface area contributed by atoms with Gasteiger partial charge in [-0.15, -0.1) is 0 Å². The number of benzene rings is 3. The van der Waals surface area contributed by atoms with Crippen molar-refractivity contribution in [3.05, 3.63) is 77.4 Å². The van der Waals surface area contributed by atoms with E-state index in [0.717, 1.165) is 33.2 Å². The number of nitrogens with one attached hydrogen (secondary N) is 1. The van der Waals surface area contributed by atoms with Crippen molar-refractivity contribution >= 4 is 34.4 Å². The predicted octanol–water partition coefficient (Wildman–Crippen LogP) is 5.05. The van der Waals surface area contributed by atoms with Gasteiger partial charge in [0.2, 0.25) is 0 Å². The van der Waals surface area contributed by atoms with Crippen molar-refractivity contribution in [2.75, 3.05) is 12.4 Å². The zero-order chi connectivity index (χ0) is 21.7. The summed E-state index contributed by atoms with van der Waals surface area (Å²) in [6.45, 7) is 5.41. The molecule has 5 heteroatoms. The topological polar surface area (TPSA) is 64.6 Å². The van der Waals surface area contributed by atoms with Crippen molar-refractivity contribution < 1.29 is 19.1 Å². The highest BCUT2D eigenvalue weighted by atomic mass is 16.5. The van der Waals surface area contributed by atoms with E-state index >= 15 is 0 Å². The van der Waals surface area contributed by atoms with E-state index < -0.39 is 12.1 Å². The van der Waals surface area contributed by atoms with Crippen LogP contribution >= 0.6 is 0 Å². The maximum Gasteiger partial charge on any atom is 0.331 e. The van der Waals surface area contributed by atoms with Crippen LogP contribution < -0.4 is 10.1 Å². The summed E-state index contributed by atoms with van der Waals surface area (Å²) in [5, 5.41) is 4.89. The van der Waals surface area contributed by atoms with E-state index in [1.54, 1.807) is 20.1 Å². The van der Waals surface area contributed by atoms with E-state index in [9.17, 15) is 9.59 Å². The van der Waals surface area contributed by atoms with Gasteiger partial charge in [0.1, 0.15) is 5.75 Å². The molecular formula is C25H25NO4. The van der Waals surface area contributed by atoms with Crippen LogP contribution in [-0.4, -0.2) is 25.1 Å². The number of aryl methyl sites for hydroxylation is 2. The van der Waals surface area contributed by atoms with Gasteiger partial charge in [-0.2, -0.15) is 0 Å². The van der Waals surface area contributed by atoms with Crippen molar-refractivity contribution in [2.24, 2.45) is 0 Å². The summed E-state index contributed by atoms with van der Waals surface area (Å²) in [7, 11) is 1.63. The van der Waals surface area contributed by atoms with Gasteiger partial charge in [-0.3, -0.25) is 4.79 Å². The van der Waals surface area contributed by atoms with Gasteiger partial charge in [0, 0.05) is 11.8 Å². The second-order valence-electron chi connectivity index (χ2n) is 7.19. The van der Waals surface area contributed by atoms with Gasteiger partial charge in [-0.1, -0.05) is 30.3 Å². The standard InChI is InChI=1S/C25H25NO4/c1-16-5-6-17(2)23(13-16)26-25(28)18(3)30-24(27)12-8-19-7-9-21-15-22(29-4)11-10-20(21)14-19/h5-15,18H,1-4H3,(H,26,28)/b12-8+/t18-/m0/s1. The SMILES string of the molecule is COc1ccc2cc(/C=C/C(=O)O[C@@H](C)C(=O)Nc3cc(C)ccc3C)ccc2c1. The molecule has 0 aliphatic carbocycles. The molecule has 154 valence electrons. The molecule has 3 aromatic rings. The number of hydrogen-bond acceptors (Lipinski definition) is 4. The summed E-state index contributed by atoms with van der Waals surface area (Å²) >= 11 is 0. The van der Waals surface area contributed by atoms with Gasteiger partial charge in [0.05, 0.1) is 7.11 Å². The highest BCUT2D eigenvalue weighted by molar-refractivity contribution is 5.97. The Hall–Kier alpha value is -3.60. The molecule has 1 amide bonds. The molecule has 0 aromatic heterocycles. The Morgan fingerprint density at radius 2 is 1.70 bits per heavy atom. The molecular weight excluding hydrogens is 378 g/mol. The largest absolute Gasteiger partial charge is 0.497 e. The summed E-state index contributed by atoms with van der Waals surface area (Å²) in [5.74, 6) is -0.152. The average molecular weight is 403 g/mol. The third-order valence-electron chi connectivity index (χ3n) is 4.80. The third kappa shape index (κ3) is 5.26. The monoisotopic (exact) mass is 403 g/mol. The second-order valence-corrected chi connectivity index (χ2v) is 7.19. The normalized spacial score (nSPS) is 12.0. The Labute approximate surface area is 176 Å². The first-order chi connectivity index (χ1) is 14.4. The predicted molar refractivity (Wildman–Crippen MR) is 120 cm³/mol. The molecule has 1 N–H and O–H groups in total. The first-order valence-corrected chi connectivity index (χ1v) is 9.70. The van der Waals surface area contributed by atoms with Crippen LogP contribution in [0.4, 0.5) is 5.69 Å². The molecule has 0 fully saturated rings. The molecule has 0 saturated heterocycles. The van der Waals surface area contributed by atoms with E-state index in [4.69, 9.17) is 9.47 Å². The number of ether oxygens (including phenoxy) is 2. The van der Waals surface area contributed by atoms with E-state index in [0.29, 0.717) is 5.69 Å². The number of hydrogen-bond donors (Lipinski definition) is 1. The highest BCUT2D eigenvalue weighted by Crippen LogP contribution is 2.22. The lowest BCUT2D eigenvalue weighted by Crippen LogP contribution is -2.29. The number of esters is 1. The van der Waals surface area contributed by atoms with Crippen molar-refractivity contribution in [2.45, 2.75) is 26.9 Å². The number of carbonyl (C=O) groups is 2. The maximum atomic E-state index is 12.4. The molecule has 3 rings (SSSR count). The summed E-state index contributed by atoms with van der Waals surface area (Å²) in [6.07, 6.45) is 2.08. The number of amides is 1. The van der Waals surface area contributed by atoms with Crippen LogP contribution in [0, 0.1) is 13.8 Å². The molecule has 0 saturated carbocycles. The smallest absolute Gasteiger partial charge is 0.331 e.